The zero-order chi connectivity index (χ0) is 21.5. The van der Waals surface area contributed by atoms with Crippen molar-refractivity contribution in [3.63, 3.8) is 0 Å². The van der Waals surface area contributed by atoms with Crippen LogP contribution in [0.25, 0.3) is 0 Å². The van der Waals surface area contributed by atoms with Gasteiger partial charge in [0.2, 0.25) is 11.8 Å². The molecule has 3 aromatic rings. The first kappa shape index (κ1) is 20.8. The van der Waals surface area contributed by atoms with Crippen LogP contribution in [0.5, 0.6) is 17.4 Å². The van der Waals surface area contributed by atoms with E-state index in [2.05, 4.69) is 15.2 Å². The molecule has 4 rings (SSSR count). The molecule has 0 aliphatic carbocycles. The van der Waals surface area contributed by atoms with Crippen LogP contribution in [0.2, 0.25) is 0 Å². The van der Waals surface area contributed by atoms with E-state index in [9.17, 15) is 9.18 Å². The lowest BCUT2D eigenvalue weighted by Crippen LogP contribution is -2.30. The van der Waals surface area contributed by atoms with E-state index in [1.165, 1.54) is 12.1 Å². The average molecular weight is 421 g/mol. The minimum Gasteiger partial charge on any atom is -0.489 e. The van der Waals surface area contributed by atoms with Crippen LogP contribution in [0.15, 0.2) is 66.9 Å². The van der Waals surface area contributed by atoms with Gasteiger partial charge >= 0.3 is 0 Å². The van der Waals surface area contributed by atoms with Crippen LogP contribution in [0.4, 0.5) is 10.1 Å². The van der Waals surface area contributed by atoms with Crippen LogP contribution in [-0.4, -0.2) is 35.4 Å². The zero-order valence-corrected chi connectivity index (χ0v) is 17.1. The summed E-state index contributed by atoms with van der Waals surface area (Å²) in [5.41, 5.74) is 1.40. The first-order chi connectivity index (χ1) is 15.1. The summed E-state index contributed by atoms with van der Waals surface area (Å²) in [5, 5.41) is 2.86. The number of amides is 1. The largest absolute Gasteiger partial charge is 0.489 e. The van der Waals surface area contributed by atoms with Crippen molar-refractivity contribution in [1.29, 1.82) is 0 Å². The Kier molecular flexibility index (Phi) is 6.74. The smallest absolute Gasteiger partial charge is 0.238 e. The molecule has 6 nitrogen and oxygen atoms in total. The van der Waals surface area contributed by atoms with Crippen molar-refractivity contribution < 1.29 is 18.7 Å². The Morgan fingerprint density at radius 3 is 2.52 bits per heavy atom. The highest BCUT2D eigenvalue weighted by Gasteiger charge is 2.15. The molecule has 1 aromatic heterocycles. The van der Waals surface area contributed by atoms with E-state index in [-0.39, 0.29) is 18.3 Å². The molecule has 0 atom stereocenters. The summed E-state index contributed by atoms with van der Waals surface area (Å²) in [6, 6.07) is 16.9. The van der Waals surface area contributed by atoms with Crippen LogP contribution in [0.3, 0.4) is 0 Å². The number of hydrogen-bond acceptors (Lipinski definition) is 5. The number of hydrogen-bond donors (Lipinski definition) is 1. The molecule has 0 unspecified atom stereocenters. The molecule has 0 saturated carbocycles. The molecule has 0 bridgehead atoms. The van der Waals surface area contributed by atoms with E-state index in [0.717, 1.165) is 31.5 Å². The summed E-state index contributed by atoms with van der Waals surface area (Å²) in [6.45, 7) is 2.65. The van der Waals surface area contributed by atoms with Crippen LogP contribution in [0.1, 0.15) is 18.4 Å². The van der Waals surface area contributed by atoms with Gasteiger partial charge in [-0.1, -0.05) is 12.1 Å². The van der Waals surface area contributed by atoms with Crippen LogP contribution >= 0.6 is 0 Å². The normalized spacial score (nSPS) is 13.7. The number of ether oxygens (including phenoxy) is 2. The Labute approximate surface area is 180 Å². The summed E-state index contributed by atoms with van der Waals surface area (Å²) in [7, 11) is 0. The predicted octanol–water partition coefficient (Wildman–Crippen LogP) is 4.63. The number of halogens is 1. The number of benzene rings is 2. The highest BCUT2D eigenvalue weighted by atomic mass is 19.1. The first-order valence-electron chi connectivity index (χ1n) is 10.3. The summed E-state index contributed by atoms with van der Waals surface area (Å²) in [5.74, 6) is 1.36. The number of rotatable bonds is 8. The van der Waals surface area contributed by atoms with Crippen molar-refractivity contribution in [1.82, 2.24) is 9.88 Å². The molecule has 2 aromatic carbocycles. The number of anilines is 1. The van der Waals surface area contributed by atoms with Crippen LogP contribution < -0.4 is 14.8 Å². The molecule has 2 heterocycles. The maximum Gasteiger partial charge on any atom is 0.238 e. The van der Waals surface area contributed by atoms with Gasteiger partial charge in [-0.3, -0.25) is 9.69 Å². The Morgan fingerprint density at radius 1 is 1.03 bits per heavy atom. The fourth-order valence-electron chi connectivity index (χ4n) is 3.38. The predicted molar refractivity (Wildman–Crippen MR) is 116 cm³/mol. The number of likely N-dealkylation sites (tertiary alicyclic amines) is 1. The highest BCUT2D eigenvalue weighted by Crippen LogP contribution is 2.24. The van der Waals surface area contributed by atoms with E-state index >= 15 is 0 Å². The lowest BCUT2D eigenvalue weighted by atomic mass is 10.2. The minimum atomic E-state index is -0.283. The van der Waals surface area contributed by atoms with Crippen LogP contribution in [0, 0.1) is 5.82 Å². The van der Waals surface area contributed by atoms with Crippen LogP contribution in [-0.2, 0) is 11.4 Å². The SMILES string of the molecule is O=C(CN1CCCC1)Nc1ccc(Oc2ccc(OCc3cccc(F)c3)cc2)nc1. The summed E-state index contributed by atoms with van der Waals surface area (Å²) in [4.78, 5) is 18.5. The second kappa shape index (κ2) is 10.0. The molecule has 1 aliphatic heterocycles. The maximum atomic E-state index is 13.2. The third kappa shape index (κ3) is 6.26. The third-order valence-electron chi connectivity index (χ3n) is 4.93. The summed E-state index contributed by atoms with van der Waals surface area (Å²) in [6.07, 6.45) is 3.88. The standard InChI is InChI=1S/C24H24FN3O3/c25-19-5-3-4-18(14-19)17-30-21-7-9-22(10-8-21)31-24-11-6-20(15-26-24)27-23(29)16-28-12-1-2-13-28/h3-11,14-15H,1-2,12-13,16-17H2,(H,27,29). The second-order valence-electron chi connectivity index (χ2n) is 7.41. The van der Waals surface area contributed by atoms with Crippen molar-refractivity contribution in [2.75, 3.05) is 25.0 Å². The molecule has 1 aliphatic rings. The number of aromatic nitrogens is 1. The monoisotopic (exact) mass is 421 g/mol. The van der Waals surface area contributed by atoms with Gasteiger partial charge in [0.05, 0.1) is 18.4 Å². The van der Waals surface area contributed by atoms with Gasteiger partial charge in [-0.05, 0) is 74.0 Å². The molecule has 0 spiro atoms. The van der Waals surface area contributed by atoms with Gasteiger partial charge in [0.1, 0.15) is 23.9 Å². The topological polar surface area (TPSA) is 63.7 Å². The maximum absolute atomic E-state index is 13.2. The number of nitrogens with one attached hydrogen (secondary N) is 1. The molecule has 7 heteroatoms. The Morgan fingerprint density at radius 2 is 1.81 bits per heavy atom. The molecule has 160 valence electrons. The van der Waals surface area contributed by atoms with E-state index in [1.807, 2.05) is 6.07 Å². The molecule has 31 heavy (non-hydrogen) atoms. The van der Waals surface area contributed by atoms with E-state index in [4.69, 9.17) is 9.47 Å². The van der Waals surface area contributed by atoms with Crippen molar-refractivity contribution in [2.24, 2.45) is 0 Å². The van der Waals surface area contributed by atoms with Crippen molar-refractivity contribution in [3.05, 3.63) is 78.2 Å². The van der Waals surface area contributed by atoms with Gasteiger partial charge in [-0.15, -0.1) is 0 Å². The molecule has 1 saturated heterocycles. The molecular formula is C24H24FN3O3. The van der Waals surface area contributed by atoms with E-state index in [1.54, 1.807) is 48.7 Å². The second-order valence-corrected chi connectivity index (χ2v) is 7.41. The minimum absolute atomic E-state index is 0.0359. The Hall–Kier alpha value is -3.45. The first-order valence-corrected chi connectivity index (χ1v) is 10.3. The zero-order valence-electron chi connectivity index (χ0n) is 17.1. The fraction of sp³-hybridized carbons (Fsp3) is 0.250. The lowest BCUT2D eigenvalue weighted by molar-refractivity contribution is -0.117. The van der Waals surface area contributed by atoms with Gasteiger partial charge in [0.15, 0.2) is 0 Å². The third-order valence-corrected chi connectivity index (χ3v) is 4.93. The number of carbonyl (C=O) groups is 1. The van der Waals surface area contributed by atoms with Crippen molar-refractivity contribution in [3.8, 4) is 17.4 Å². The number of pyridine rings is 1. The van der Waals surface area contributed by atoms with Gasteiger partial charge in [0, 0.05) is 6.07 Å². The average Bonchev–Trinajstić information content (AvgIpc) is 3.28. The van der Waals surface area contributed by atoms with E-state index in [0.29, 0.717) is 29.6 Å². The van der Waals surface area contributed by atoms with Gasteiger partial charge in [-0.2, -0.15) is 0 Å². The molecule has 1 amide bonds. The molecular weight excluding hydrogens is 397 g/mol. The van der Waals surface area contributed by atoms with Crippen molar-refractivity contribution >= 4 is 11.6 Å². The fourth-order valence-corrected chi connectivity index (χ4v) is 3.38. The van der Waals surface area contributed by atoms with Gasteiger partial charge < -0.3 is 14.8 Å². The Bertz CT molecular complexity index is 1000. The quantitative estimate of drug-likeness (QED) is 0.575. The van der Waals surface area contributed by atoms with Crippen molar-refractivity contribution in [2.45, 2.75) is 19.4 Å². The summed E-state index contributed by atoms with van der Waals surface area (Å²) < 4.78 is 24.6. The van der Waals surface area contributed by atoms with Gasteiger partial charge in [-0.25, -0.2) is 9.37 Å². The highest BCUT2D eigenvalue weighted by molar-refractivity contribution is 5.92. The van der Waals surface area contributed by atoms with E-state index < -0.39 is 0 Å². The number of nitrogens with zero attached hydrogens (tertiary/aromatic N) is 2. The number of carbonyl (C=O) groups excluding carboxylic acids is 1. The van der Waals surface area contributed by atoms with Gasteiger partial charge in [0.25, 0.3) is 0 Å². The molecule has 1 fully saturated rings. The molecule has 0 radical (unpaired) electrons. The Balaban J connectivity index is 1.26. The lowest BCUT2D eigenvalue weighted by Gasteiger charge is -2.14. The molecule has 1 N–H and O–H groups in total. The summed E-state index contributed by atoms with van der Waals surface area (Å²) >= 11 is 0.